The van der Waals surface area contributed by atoms with Gasteiger partial charge < -0.3 is 13.8 Å². The molecule has 0 aliphatic carbocycles. The number of rotatable bonds is 4. The van der Waals surface area contributed by atoms with Crippen molar-refractivity contribution in [3.8, 4) is 11.4 Å². The molecule has 1 aliphatic rings. The number of amides is 1. The van der Waals surface area contributed by atoms with E-state index in [2.05, 4.69) is 15.0 Å². The summed E-state index contributed by atoms with van der Waals surface area (Å²) in [7, 11) is 0. The molecule has 0 saturated carbocycles. The highest BCUT2D eigenvalue weighted by molar-refractivity contribution is 6.30. The standard InChI is InChI=1S/C19H19ClN4O3/c1-13(18-21-17(22-27-18)14-4-6-15(20)7-5-14)23-8-10-24(11-9-23)19(25)16-3-2-12-26-16/h2-7,12-13H,8-11H2,1H3. The number of carbonyl (C=O) groups is 1. The van der Waals surface area contributed by atoms with Gasteiger partial charge in [0.2, 0.25) is 11.7 Å². The molecule has 0 N–H and O–H groups in total. The molecule has 7 nitrogen and oxygen atoms in total. The Hall–Kier alpha value is -2.64. The van der Waals surface area contributed by atoms with Gasteiger partial charge in [-0.2, -0.15) is 4.98 Å². The number of carbonyl (C=O) groups excluding carboxylic acids is 1. The molecular formula is C19H19ClN4O3. The third kappa shape index (κ3) is 3.74. The van der Waals surface area contributed by atoms with Gasteiger partial charge in [0, 0.05) is 36.8 Å². The zero-order valence-corrected chi connectivity index (χ0v) is 15.6. The molecule has 8 heteroatoms. The lowest BCUT2D eigenvalue weighted by molar-refractivity contribution is 0.0524. The number of hydrogen-bond acceptors (Lipinski definition) is 6. The molecule has 3 aromatic rings. The van der Waals surface area contributed by atoms with Gasteiger partial charge in [-0.25, -0.2) is 0 Å². The lowest BCUT2D eigenvalue weighted by atomic mass is 10.2. The molecule has 0 bridgehead atoms. The third-order valence-electron chi connectivity index (χ3n) is 4.78. The van der Waals surface area contributed by atoms with Gasteiger partial charge in [0.1, 0.15) is 0 Å². The smallest absolute Gasteiger partial charge is 0.289 e. The highest BCUT2D eigenvalue weighted by Crippen LogP contribution is 2.24. The molecule has 140 valence electrons. The van der Waals surface area contributed by atoms with Gasteiger partial charge in [-0.3, -0.25) is 9.69 Å². The van der Waals surface area contributed by atoms with Gasteiger partial charge in [0.25, 0.3) is 5.91 Å². The van der Waals surface area contributed by atoms with E-state index in [0.29, 0.717) is 35.6 Å². The van der Waals surface area contributed by atoms with Crippen LogP contribution in [0.2, 0.25) is 5.02 Å². The number of aromatic nitrogens is 2. The molecule has 2 aromatic heterocycles. The Labute approximate surface area is 161 Å². The van der Waals surface area contributed by atoms with Crippen molar-refractivity contribution in [2.75, 3.05) is 26.2 Å². The largest absolute Gasteiger partial charge is 0.459 e. The second kappa shape index (κ2) is 7.54. The van der Waals surface area contributed by atoms with Crippen LogP contribution in [0.15, 0.2) is 51.6 Å². The number of nitrogens with zero attached hydrogens (tertiary/aromatic N) is 4. The molecule has 1 aliphatic heterocycles. The zero-order chi connectivity index (χ0) is 18.8. The number of halogens is 1. The molecule has 1 aromatic carbocycles. The van der Waals surface area contributed by atoms with Crippen molar-refractivity contribution >= 4 is 17.5 Å². The summed E-state index contributed by atoms with van der Waals surface area (Å²) in [4.78, 5) is 20.9. The molecule has 0 spiro atoms. The Balaban J connectivity index is 1.39. The van der Waals surface area contributed by atoms with Crippen LogP contribution in [0.25, 0.3) is 11.4 Å². The van der Waals surface area contributed by atoms with Gasteiger partial charge in [-0.05, 0) is 43.3 Å². The third-order valence-corrected chi connectivity index (χ3v) is 5.03. The Morgan fingerprint density at radius 3 is 2.56 bits per heavy atom. The summed E-state index contributed by atoms with van der Waals surface area (Å²) in [5.74, 6) is 1.40. The van der Waals surface area contributed by atoms with Crippen molar-refractivity contribution in [2.45, 2.75) is 13.0 Å². The summed E-state index contributed by atoms with van der Waals surface area (Å²) in [6.07, 6.45) is 1.51. The SMILES string of the molecule is CC(c1nc(-c2ccc(Cl)cc2)no1)N1CCN(C(=O)c2ccco2)CC1. The van der Waals surface area contributed by atoms with Gasteiger partial charge >= 0.3 is 0 Å². The highest BCUT2D eigenvalue weighted by Gasteiger charge is 2.28. The van der Waals surface area contributed by atoms with E-state index in [1.807, 2.05) is 19.1 Å². The first-order chi connectivity index (χ1) is 13.1. The van der Waals surface area contributed by atoms with Crippen LogP contribution in [0.1, 0.15) is 29.4 Å². The highest BCUT2D eigenvalue weighted by atomic mass is 35.5. The monoisotopic (exact) mass is 386 g/mol. The Bertz CT molecular complexity index is 899. The average Bonchev–Trinajstić information content (AvgIpc) is 3.40. The second-order valence-electron chi connectivity index (χ2n) is 6.44. The van der Waals surface area contributed by atoms with Gasteiger partial charge in [0.15, 0.2) is 5.76 Å². The zero-order valence-electron chi connectivity index (χ0n) is 14.8. The summed E-state index contributed by atoms with van der Waals surface area (Å²) in [6, 6.07) is 10.7. The molecule has 27 heavy (non-hydrogen) atoms. The van der Waals surface area contributed by atoms with Crippen LogP contribution in [-0.2, 0) is 0 Å². The first kappa shape index (κ1) is 17.8. The van der Waals surface area contributed by atoms with E-state index in [9.17, 15) is 4.79 Å². The number of benzene rings is 1. The molecule has 3 heterocycles. The first-order valence-electron chi connectivity index (χ1n) is 8.78. The quantitative estimate of drug-likeness (QED) is 0.683. The van der Waals surface area contributed by atoms with E-state index >= 15 is 0 Å². The normalized spacial score (nSPS) is 16.4. The van der Waals surface area contributed by atoms with Crippen LogP contribution in [0.5, 0.6) is 0 Å². The molecule has 0 radical (unpaired) electrons. The number of hydrogen-bond donors (Lipinski definition) is 0. The van der Waals surface area contributed by atoms with Gasteiger partial charge in [0.05, 0.1) is 12.3 Å². The lowest BCUT2D eigenvalue weighted by Gasteiger charge is -2.36. The number of furan rings is 1. The predicted octanol–water partition coefficient (Wildman–Crippen LogP) is 3.50. The van der Waals surface area contributed by atoms with Crippen molar-refractivity contribution in [2.24, 2.45) is 0 Å². The lowest BCUT2D eigenvalue weighted by Crippen LogP contribution is -2.49. The Kier molecular flexibility index (Phi) is 4.96. The van der Waals surface area contributed by atoms with Crippen LogP contribution in [0.4, 0.5) is 0 Å². The molecule has 1 atom stereocenters. The maximum Gasteiger partial charge on any atom is 0.289 e. The van der Waals surface area contributed by atoms with Crippen LogP contribution in [-0.4, -0.2) is 52.0 Å². The van der Waals surface area contributed by atoms with Crippen LogP contribution < -0.4 is 0 Å². The number of piperazine rings is 1. The fourth-order valence-electron chi connectivity index (χ4n) is 3.15. The molecule has 1 unspecified atom stereocenters. The van der Waals surface area contributed by atoms with Crippen LogP contribution in [0.3, 0.4) is 0 Å². The van der Waals surface area contributed by atoms with Crippen molar-refractivity contribution in [3.05, 3.63) is 59.3 Å². The van der Waals surface area contributed by atoms with Crippen molar-refractivity contribution in [1.29, 1.82) is 0 Å². The second-order valence-corrected chi connectivity index (χ2v) is 6.88. The van der Waals surface area contributed by atoms with E-state index in [-0.39, 0.29) is 11.9 Å². The van der Waals surface area contributed by atoms with Crippen molar-refractivity contribution < 1.29 is 13.7 Å². The molecule has 4 rings (SSSR count). The van der Waals surface area contributed by atoms with E-state index in [0.717, 1.165) is 18.7 Å². The van der Waals surface area contributed by atoms with E-state index < -0.39 is 0 Å². The molecule has 1 amide bonds. The van der Waals surface area contributed by atoms with Crippen molar-refractivity contribution in [3.63, 3.8) is 0 Å². The van der Waals surface area contributed by atoms with E-state index in [4.69, 9.17) is 20.5 Å². The van der Waals surface area contributed by atoms with Crippen molar-refractivity contribution in [1.82, 2.24) is 19.9 Å². The minimum atomic E-state index is -0.0740. The average molecular weight is 387 g/mol. The van der Waals surface area contributed by atoms with Crippen LogP contribution in [0, 0.1) is 0 Å². The minimum Gasteiger partial charge on any atom is -0.459 e. The first-order valence-corrected chi connectivity index (χ1v) is 9.16. The fourth-order valence-corrected chi connectivity index (χ4v) is 3.27. The van der Waals surface area contributed by atoms with Gasteiger partial charge in [-0.15, -0.1) is 0 Å². The Morgan fingerprint density at radius 1 is 1.15 bits per heavy atom. The molecule has 1 saturated heterocycles. The summed E-state index contributed by atoms with van der Waals surface area (Å²) in [5.41, 5.74) is 0.857. The maximum atomic E-state index is 12.4. The minimum absolute atomic E-state index is 0.0283. The molecular weight excluding hydrogens is 368 g/mol. The summed E-state index contributed by atoms with van der Waals surface area (Å²) in [5, 5.41) is 4.74. The van der Waals surface area contributed by atoms with E-state index in [1.54, 1.807) is 29.2 Å². The van der Waals surface area contributed by atoms with Gasteiger partial charge in [-0.1, -0.05) is 16.8 Å². The summed E-state index contributed by atoms with van der Waals surface area (Å²) < 4.78 is 10.7. The van der Waals surface area contributed by atoms with E-state index in [1.165, 1.54) is 6.26 Å². The maximum absolute atomic E-state index is 12.4. The van der Waals surface area contributed by atoms with Crippen LogP contribution >= 0.6 is 11.6 Å². The topological polar surface area (TPSA) is 75.6 Å². The Morgan fingerprint density at radius 2 is 1.89 bits per heavy atom. The summed E-state index contributed by atoms with van der Waals surface area (Å²) >= 11 is 5.92. The molecule has 1 fully saturated rings. The summed E-state index contributed by atoms with van der Waals surface area (Å²) in [6.45, 7) is 4.74. The fraction of sp³-hybridized carbons (Fsp3) is 0.316. The predicted molar refractivity (Wildman–Crippen MR) is 99.3 cm³/mol.